The van der Waals surface area contributed by atoms with Gasteiger partial charge in [0, 0.05) is 12.6 Å². The molecule has 0 saturated heterocycles. The van der Waals surface area contributed by atoms with E-state index < -0.39 is 15.9 Å². The zero-order valence-electron chi connectivity index (χ0n) is 15.0. The molecule has 144 valence electrons. The second-order valence-electron chi connectivity index (χ2n) is 5.94. The quantitative estimate of drug-likeness (QED) is 0.768. The highest BCUT2D eigenvalue weighted by molar-refractivity contribution is 7.92. The summed E-state index contributed by atoms with van der Waals surface area (Å²) in [6.07, 6.45) is 1.05. The van der Waals surface area contributed by atoms with Gasteiger partial charge in [0.1, 0.15) is 12.3 Å². The van der Waals surface area contributed by atoms with E-state index in [2.05, 4.69) is 5.32 Å². The van der Waals surface area contributed by atoms with Gasteiger partial charge in [0.2, 0.25) is 22.7 Å². The molecular formula is C18H20N2O6S. The number of carbonyl (C=O) groups excluding carboxylic acids is 1. The molecule has 0 unspecified atom stereocenters. The number of nitrogens with one attached hydrogen (secondary N) is 1. The average Bonchev–Trinajstić information content (AvgIpc) is 3.11. The van der Waals surface area contributed by atoms with Crippen LogP contribution in [0, 0.1) is 0 Å². The third-order valence-electron chi connectivity index (χ3n) is 3.96. The summed E-state index contributed by atoms with van der Waals surface area (Å²) < 4.78 is 41.0. The summed E-state index contributed by atoms with van der Waals surface area (Å²) >= 11 is 0. The SMILES string of the molecule is COc1cccc(N(CC(=O)NCc2ccc3c(c2)OCO3)S(C)(=O)=O)c1. The van der Waals surface area contributed by atoms with Gasteiger partial charge in [-0.25, -0.2) is 8.42 Å². The van der Waals surface area contributed by atoms with E-state index in [4.69, 9.17) is 14.2 Å². The van der Waals surface area contributed by atoms with Crippen LogP contribution in [0.3, 0.4) is 0 Å². The fourth-order valence-electron chi connectivity index (χ4n) is 2.60. The maximum absolute atomic E-state index is 12.3. The van der Waals surface area contributed by atoms with Crippen molar-refractivity contribution in [2.24, 2.45) is 0 Å². The van der Waals surface area contributed by atoms with Crippen molar-refractivity contribution < 1.29 is 27.4 Å². The van der Waals surface area contributed by atoms with E-state index in [0.29, 0.717) is 22.9 Å². The minimum Gasteiger partial charge on any atom is -0.497 e. The molecule has 1 N–H and O–H groups in total. The van der Waals surface area contributed by atoms with Crippen LogP contribution in [0.2, 0.25) is 0 Å². The molecule has 1 heterocycles. The Morgan fingerprint density at radius 3 is 2.70 bits per heavy atom. The van der Waals surface area contributed by atoms with Gasteiger partial charge >= 0.3 is 0 Å². The predicted octanol–water partition coefficient (Wildman–Crippen LogP) is 1.51. The number of carbonyl (C=O) groups is 1. The van der Waals surface area contributed by atoms with E-state index in [1.54, 1.807) is 36.4 Å². The molecule has 0 spiro atoms. The number of hydrogen-bond donors (Lipinski definition) is 1. The lowest BCUT2D eigenvalue weighted by Crippen LogP contribution is -2.40. The second kappa shape index (κ2) is 7.75. The van der Waals surface area contributed by atoms with E-state index in [9.17, 15) is 13.2 Å². The molecule has 2 aromatic carbocycles. The van der Waals surface area contributed by atoms with Crippen LogP contribution in [0.25, 0.3) is 0 Å². The summed E-state index contributed by atoms with van der Waals surface area (Å²) in [5, 5.41) is 2.72. The largest absolute Gasteiger partial charge is 0.497 e. The highest BCUT2D eigenvalue weighted by Crippen LogP contribution is 2.32. The normalized spacial score (nSPS) is 12.5. The topological polar surface area (TPSA) is 94.2 Å². The van der Waals surface area contributed by atoms with Gasteiger partial charge in [-0.1, -0.05) is 12.1 Å². The summed E-state index contributed by atoms with van der Waals surface area (Å²) in [4.78, 5) is 12.3. The smallest absolute Gasteiger partial charge is 0.241 e. The Balaban J connectivity index is 1.67. The van der Waals surface area contributed by atoms with Crippen molar-refractivity contribution in [3.63, 3.8) is 0 Å². The minimum absolute atomic E-state index is 0.176. The number of benzene rings is 2. The summed E-state index contributed by atoms with van der Waals surface area (Å²) in [6, 6.07) is 11.9. The molecule has 0 atom stereocenters. The minimum atomic E-state index is -3.65. The molecule has 0 fully saturated rings. The van der Waals surface area contributed by atoms with E-state index in [0.717, 1.165) is 16.1 Å². The first-order valence-corrected chi connectivity index (χ1v) is 9.98. The number of anilines is 1. The van der Waals surface area contributed by atoms with Crippen molar-refractivity contribution in [2.45, 2.75) is 6.54 Å². The van der Waals surface area contributed by atoms with Crippen LogP contribution in [0.5, 0.6) is 17.2 Å². The first kappa shape index (κ1) is 18.8. The zero-order valence-corrected chi connectivity index (χ0v) is 15.8. The third-order valence-corrected chi connectivity index (χ3v) is 5.10. The first-order chi connectivity index (χ1) is 12.9. The van der Waals surface area contributed by atoms with Gasteiger partial charge in [0.15, 0.2) is 11.5 Å². The number of amides is 1. The molecule has 1 amide bonds. The lowest BCUT2D eigenvalue weighted by Gasteiger charge is -2.22. The summed E-state index contributed by atoms with van der Waals surface area (Å²) in [5.41, 5.74) is 1.18. The van der Waals surface area contributed by atoms with Crippen LogP contribution >= 0.6 is 0 Å². The summed E-state index contributed by atoms with van der Waals surface area (Å²) in [7, 11) is -2.16. The molecular weight excluding hydrogens is 372 g/mol. The lowest BCUT2D eigenvalue weighted by molar-refractivity contribution is -0.119. The summed E-state index contributed by atoms with van der Waals surface area (Å²) in [6.45, 7) is 0.0801. The highest BCUT2D eigenvalue weighted by atomic mass is 32.2. The fraction of sp³-hybridized carbons (Fsp3) is 0.278. The number of sulfonamides is 1. The van der Waals surface area contributed by atoms with Gasteiger partial charge in [-0.2, -0.15) is 0 Å². The van der Waals surface area contributed by atoms with Crippen LogP contribution in [-0.2, 0) is 21.4 Å². The van der Waals surface area contributed by atoms with Gasteiger partial charge in [0.05, 0.1) is 19.1 Å². The summed E-state index contributed by atoms with van der Waals surface area (Å²) in [5.74, 6) is 1.35. The predicted molar refractivity (Wildman–Crippen MR) is 99.6 cm³/mol. The molecule has 1 aliphatic heterocycles. The average molecular weight is 392 g/mol. The van der Waals surface area contributed by atoms with Crippen molar-refractivity contribution in [2.75, 3.05) is 31.0 Å². The monoisotopic (exact) mass is 392 g/mol. The number of hydrogen-bond acceptors (Lipinski definition) is 6. The second-order valence-corrected chi connectivity index (χ2v) is 7.84. The van der Waals surface area contributed by atoms with Gasteiger partial charge in [-0.15, -0.1) is 0 Å². The first-order valence-electron chi connectivity index (χ1n) is 8.14. The Morgan fingerprint density at radius 2 is 1.96 bits per heavy atom. The standard InChI is InChI=1S/C18H20N2O6S/c1-24-15-5-3-4-14(9-15)20(27(2,22)23)11-18(21)19-10-13-6-7-16-17(8-13)26-12-25-16/h3-9H,10-12H2,1-2H3,(H,19,21). The van der Waals surface area contributed by atoms with Crippen molar-refractivity contribution in [1.29, 1.82) is 0 Å². The molecule has 0 bridgehead atoms. The van der Waals surface area contributed by atoms with E-state index in [-0.39, 0.29) is 19.9 Å². The molecule has 0 radical (unpaired) electrons. The van der Waals surface area contributed by atoms with Crippen LogP contribution in [0.4, 0.5) is 5.69 Å². The number of ether oxygens (including phenoxy) is 3. The number of fused-ring (bicyclic) bond motifs is 1. The Bertz CT molecular complexity index is 945. The van der Waals surface area contributed by atoms with Gasteiger partial charge in [0.25, 0.3) is 0 Å². The maximum Gasteiger partial charge on any atom is 0.241 e. The van der Waals surface area contributed by atoms with E-state index >= 15 is 0 Å². The fourth-order valence-corrected chi connectivity index (χ4v) is 3.45. The highest BCUT2D eigenvalue weighted by Gasteiger charge is 2.21. The molecule has 0 saturated carbocycles. The van der Waals surface area contributed by atoms with Crippen LogP contribution < -0.4 is 23.8 Å². The van der Waals surface area contributed by atoms with Crippen LogP contribution in [0.1, 0.15) is 5.56 Å². The Kier molecular flexibility index (Phi) is 5.41. The Morgan fingerprint density at radius 1 is 1.19 bits per heavy atom. The lowest BCUT2D eigenvalue weighted by atomic mass is 10.2. The van der Waals surface area contributed by atoms with Crippen molar-refractivity contribution in [3.05, 3.63) is 48.0 Å². The number of methoxy groups -OCH3 is 1. The molecule has 0 aromatic heterocycles. The molecule has 9 heteroatoms. The Labute approximate surface area is 157 Å². The molecule has 0 aliphatic carbocycles. The number of rotatable bonds is 7. The van der Waals surface area contributed by atoms with Crippen LogP contribution in [0.15, 0.2) is 42.5 Å². The molecule has 3 rings (SSSR count). The third kappa shape index (κ3) is 4.62. The van der Waals surface area contributed by atoms with Gasteiger partial charge in [-0.05, 0) is 29.8 Å². The van der Waals surface area contributed by atoms with Crippen molar-refractivity contribution in [3.8, 4) is 17.2 Å². The number of nitrogens with zero attached hydrogens (tertiary/aromatic N) is 1. The molecule has 1 aliphatic rings. The van der Waals surface area contributed by atoms with Crippen LogP contribution in [-0.4, -0.2) is 41.0 Å². The molecule has 27 heavy (non-hydrogen) atoms. The van der Waals surface area contributed by atoms with Crippen molar-refractivity contribution in [1.82, 2.24) is 5.32 Å². The molecule has 8 nitrogen and oxygen atoms in total. The van der Waals surface area contributed by atoms with Gasteiger partial charge in [-0.3, -0.25) is 9.10 Å². The maximum atomic E-state index is 12.3. The Hall–Kier alpha value is -2.94. The molecule has 2 aromatic rings. The van der Waals surface area contributed by atoms with E-state index in [1.807, 2.05) is 6.07 Å². The zero-order chi connectivity index (χ0) is 19.4. The van der Waals surface area contributed by atoms with Gasteiger partial charge < -0.3 is 19.5 Å². The van der Waals surface area contributed by atoms with Crippen molar-refractivity contribution >= 4 is 21.6 Å². The van der Waals surface area contributed by atoms with E-state index in [1.165, 1.54) is 7.11 Å².